The first kappa shape index (κ1) is 12.2. The highest BCUT2D eigenvalue weighted by molar-refractivity contribution is 5.52. The molecule has 1 aromatic carbocycles. The Kier molecular flexibility index (Phi) is 3.67. The van der Waals surface area contributed by atoms with Gasteiger partial charge in [-0.25, -0.2) is 8.78 Å². The molecule has 0 aromatic heterocycles. The first-order valence-electron chi connectivity index (χ1n) is 4.66. The Balaban J connectivity index is 3.16. The average Bonchev–Trinajstić information content (AvgIpc) is 2.29. The highest BCUT2D eigenvalue weighted by atomic mass is 19.1. The van der Waals surface area contributed by atoms with Crippen LogP contribution in [-0.2, 0) is 0 Å². The van der Waals surface area contributed by atoms with Gasteiger partial charge in [0.15, 0.2) is 11.6 Å². The van der Waals surface area contributed by atoms with Gasteiger partial charge in [-0.05, 0) is 6.92 Å². The zero-order valence-electron chi connectivity index (χ0n) is 9.29. The van der Waals surface area contributed by atoms with E-state index in [9.17, 15) is 8.78 Å². The summed E-state index contributed by atoms with van der Waals surface area (Å²) in [7, 11) is 2.79. The molecule has 1 unspecified atom stereocenters. The second-order valence-electron chi connectivity index (χ2n) is 3.35. The number of hydrogen-bond acceptors (Lipinski definition) is 3. The molecule has 1 aromatic rings. The highest BCUT2D eigenvalue weighted by Crippen LogP contribution is 2.27. The van der Waals surface area contributed by atoms with Gasteiger partial charge < -0.3 is 9.64 Å². The van der Waals surface area contributed by atoms with Gasteiger partial charge in [-0.15, -0.1) is 0 Å². The molecule has 0 amide bonds. The van der Waals surface area contributed by atoms with Gasteiger partial charge in [-0.2, -0.15) is 5.26 Å². The minimum atomic E-state index is -0.657. The second kappa shape index (κ2) is 4.79. The number of anilines is 1. The lowest BCUT2D eigenvalue weighted by molar-refractivity contribution is 0.383. The molecular formula is C11H12F2N2O. The minimum absolute atomic E-state index is 0.0346. The predicted molar refractivity (Wildman–Crippen MR) is 56.4 cm³/mol. The van der Waals surface area contributed by atoms with E-state index in [1.54, 1.807) is 6.92 Å². The molecule has 0 bridgehead atoms. The average molecular weight is 226 g/mol. The topological polar surface area (TPSA) is 36.3 Å². The lowest BCUT2D eigenvalue weighted by atomic mass is 10.2. The molecule has 0 aliphatic carbocycles. The van der Waals surface area contributed by atoms with E-state index in [1.807, 2.05) is 6.07 Å². The standard InChI is InChI=1S/C11H12F2N2O/c1-7(6-14)15(2)10-4-9(13)11(16-3)5-8(10)12/h4-5,7H,1-3H3. The summed E-state index contributed by atoms with van der Waals surface area (Å²) < 4.78 is 31.6. The molecule has 86 valence electrons. The fourth-order valence-electron chi connectivity index (χ4n) is 1.24. The molecule has 0 aliphatic rings. The predicted octanol–water partition coefficient (Wildman–Crippen LogP) is 2.32. The molecule has 5 heteroatoms. The quantitative estimate of drug-likeness (QED) is 0.793. The number of rotatable bonds is 3. The van der Waals surface area contributed by atoms with E-state index < -0.39 is 17.7 Å². The van der Waals surface area contributed by atoms with E-state index in [1.165, 1.54) is 19.1 Å². The molecule has 3 nitrogen and oxygen atoms in total. The first-order valence-corrected chi connectivity index (χ1v) is 4.66. The third kappa shape index (κ3) is 2.22. The van der Waals surface area contributed by atoms with Crippen molar-refractivity contribution < 1.29 is 13.5 Å². The molecule has 0 N–H and O–H groups in total. The van der Waals surface area contributed by atoms with Crippen LogP contribution in [0.3, 0.4) is 0 Å². The van der Waals surface area contributed by atoms with Crippen molar-refractivity contribution in [3.8, 4) is 11.8 Å². The summed E-state index contributed by atoms with van der Waals surface area (Å²) in [6, 6.07) is 3.38. The maximum atomic E-state index is 13.6. The molecule has 0 saturated heterocycles. The summed E-state index contributed by atoms with van der Waals surface area (Å²) in [6.07, 6.45) is 0. The number of nitriles is 1. The lowest BCUT2D eigenvalue weighted by Gasteiger charge is -2.22. The molecular weight excluding hydrogens is 214 g/mol. The summed E-state index contributed by atoms with van der Waals surface area (Å²) >= 11 is 0. The van der Waals surface area contributed by atoms with Crippen LogP contribution < -0.4 is 9.64 Å². The summed E-state index contributed by atoms with van der Waals surface area (Å²) in [4.78, 5) is 1.36. The SMILES string of the molecule is COc1cc(F)c(N(C)C(C)C#N)cc1F. The van der Waals surface area contributed by atoms with Crippen molar-refractivity contribution in [1.29, 1.82) is 5.26 Å². The Morgan fingerprint density at radius 1 is 1.38 bits per heavy atom. The molecule has 1 rings (SSSR count). The van der Waals surface area contributed by atoms with Crippen molar-refractivity contribution in [3.05, 3.63) is 23.8 Å². The van der Waals surface area contributed by atoms with Gasteiger partial charge in [0.25, 0.3) is 0 Å². The molecule has 1 atom stereocenters. The molecule has 0 heterocycles. The third-order valence-corrected chi connectivity index (χ3v) is 2.37. The minimum Gasteiger partial charge on any atom is -0.494 e. The number of hydrogen-bond donors (Lipinski definition) is 0. The first-order chi connectivity index (χ1) is 7.51. The Morgan fingerprint density at radius 2 is 2.00 bits per heavy atom. The summed E-state index contributed by atoms with van der Waals surface area (Å²) in [5, 5.41) is 8.69. The van der Waals surface area contributed by atoms with Crippen molar-refractivity contribution in [2.75, 3.05) is 19.1 Å². The number of benzene rings is 1. The van der Waals surface area contributed by atoms with E-state index in [0.717, 1.165) is 12.1 Å². The van der Waals surface area contributed by atoms with Gasteiger partial charge in [0.1, 0.15) is 11.9 Å². The van der Waals surface area contributed by atoms with Crippen molar-refractivity contribution in [1.82, 2.24) is 0 Å². The van der Waals surface area contributed by atoms with Gasteiger partial charge in [0.2, 0.25) is 0 Å². The van der Waals surface area contributed by atoms with Gasteiger partial charge in [0.05, 0.1) is 18.9 Å². The van der Waals surface area contributed by atoms with Crippen LogP contribution in [0.1, 0.15) is 6.92 Å². The van der Waals surface area contributed by atoms with Crippen LogP contribution in [0, 0.1) is 23.0 Å². The molecule has 0 saturated carbocycles. The van der Waals surface area contributed by atoms with E-state index >= 15 is 0 Å². The Bertz CT molecular complexity index is 429. The van der Waals surface area contributed by atoms with Crippen molar-refractivity contribution >= 4 is 5.69 Å². The van der Waals surface area contributed by atoms with Crippen LogP contribution in [0.25, 0.3) is 0 Å². The van der Waals surface area contributed by atoms with Crippen LogP contribution in [0.15, 0.2) is 12.1 Å². The second-order valence-corrected chi connectivity index (χ2v) is 3.35. The van der Waals surface area contributed by atoms with Crippen molar-refractivity contribution in [2.45, 2.75) is 13.0 Å². The van der Waals surface area contributed by atoms with E-state index in [0.29, 0.717) is 0 Å². The van der Waals surface area contributed by atoms with Crippen molar-refractivity contribution in [3.63, 3.8) is 0 Å². The van der Waals surface area contributed by atoms with Crippen molar-refractivity contribution in [2.24, 2.45) is 0 Å². The Labute approximate surface area is 92.9 Å². The smallest absolute Gasteiger partial charge is 0.167 e. The van der Waals surface area contributed by atoms with Gasteiger partial charge in [0, 0.05) is 19.2 Å². The monoisotopic (exact) mass is 226 g/mol. The normalized spacial score (nSPS) is 11.8. The molecule has 16 heavy (non-hydrogen) atoms. The molecule has 0 aliphatic heterocycles. The van der Waals surface area contributed by atoms with Crippen LogP contribution in [0.5, 0.6) is 5.75 Å². The van der Waals surface area contributed by atoms with Crippen LogP contribution in [-0.4, -0.2) is 20.2 Å². The Hall–Kier alpha value is -1.83. The van der Waals surface area contributed by atoms with Crippen LogP contribution >= 0.6 is 0 Å². The maximum absolute atomic E-state index is 13.6. The number of nitrogens with zero attached hydrogens (tertiary/aromatic N) is 2. The van der Waals surface area contributed by atoms with E-state index in [4.69, 9.17) is 5.26 Å². The highest BCUT2D eigenvalue weighted by Gasteiger charge is 2.16. The molecule has 0 spiro atoms. The fourth-order valence-corrected chi connectivity index (χ4v) is 1.24. The maximum Gasteiger partial charge on any atom is 0.167 e. The summed E-state index contributed by atoms with van der Waals surface area (Å²) in [5.41, 5.74) is 0.0346. The zero-order chi connectivity index (χ0) is 12.3. The molecule has 0 radical (unpaired) electrons. The van der Waals surface area contributed by atoms with Gasteiger partial charge >= 0.3 is 0 Å². The number of ether oxygens (including phenoxy) is 1. The summed E-state index contributed by atoms with van der Waals surface area (Å²) in [5.74, 6) is -1.43. The number of methoxy groups -OCH3 is 1. The fraction of sp³-hybridized carbons (Fsp3) is 0.364. The van der Waals surface area contributed by atoms with Gasteiger partial charge in [-0.1, -0.05) is 0 Å². The zero-order valence-corrected chi connectivity index (χ0v) is 9.29. The van der Waals surface area contributed by atoms with Crippen LogP contribution in [0.4, 0.5) is 14.5 Å². The van der Waals surface area contributed by atoms with E-state index in [2.05, 4.69) is 4.74 Å². The molecule has 0 fully saturated rings. The van der Waals surface area contributed by atoms with Gasteiger partial charge in [-0.3, -0.25) is 0 Å². The van der Waals surface area contributed by atoms with E-state index in [-0.39, 0.29) is 11.4 Å². The Morgan fingerprint density at radius 3 is 2.50 bits per heavy atom. The third-order valence-electron chi connectivity index (χ3n) is 2.37. The largest absolute Gasteiger partial charge is 0.494 e. The number of halogens is 2. The summed E-state index contributed by atoms with van der Waals surface area (Å²) in [6.45, 7) is 1.60. The van der Waals surface area contributed by atoms with Crippen LogP contribution in [0.2, 0.25) is 0 Å². The lowest BCUT2D eigenvalue weighted by Crippen LogP contribution is -2.28.